The highest BCUT2D eigenvalue weighted by Gasteiger charge is 2.27. The standard InChI is InChI=1S/C18H31N3/c1-18(2,3)17-20-15-13-19-11-10-16(15)21(17)12-6-9-14-7-4-5-8-14/h14,19H,4-13H2,1-3H3. The molecule has 1 fully saturated rings. The molecule has 1 aromatic rings. The molecule has 0 spiro atoms. The fourth-order valence-electron chi connectivity index (χ4n) is 4.02. The molecule has 0 atom stereocenters. The molecule has 0 aromatic carbocycles. The first kappa shape index (κ1) is 15.1. The van der Waals surface area contributed by atoms with Gasteiger partial charge in [0, 0.05) is 37.2 Å². The number of nitrogens with zero attached hydrogens (tertiary/aromatic N) is 2. The normalized spacial score (nSPS) is 20.0. The van der Waals surface area contributed by atoms with Crippen LogP contribution in [0.15, 0.2) is 0 Å². The number of nitrogens with one attached hydrogen (secondary N) is 1. The Kier molecular flexibility index (Phi) is 4.39. The lowest BCUT2D eigenvalue weighted by molar-refractivity contribution is 0.430. The molecule has 3 heteroatoms. The molecule has 2 aliphatic rings. The monoisotopic (exact) mass is 289 g/mol. The molecule has 118 valence electrons. The Morgan fingerprint density at radius 2 is 2.00 bits per heavy atom. The van der Waals surface area contributed by atoms with Crippen LogP contribution in [0.1, 0.15) is 76.5 Å². The summed E-state index contributed by atoms with van der Waals surface area (Å²) in [5.41, 5.74) is 2.95. The minimum atomic E-state index is 0.144. The maximum atomic E-state index is 4.97. The van der Waals surface area contributed by atoms with Crippen molar-refractivity contribution in [2.45, 2.75) is 84.2 Å². The summed E-state index contributed by atoms with van der Waals surface area (Å²) in [7, 11) is 0. The van der Waals surface area contributed by atoms with Crippen molar-refractivity contribution in [3.8, 4) is 0 Å². The van der Waals surface area contributed by atoms with Crippen LogP contribution in [0.5, 0.6) is 0 Å². The smallest absolute Gasteiger partial charge is 0.114 e. The predicted octanol–water partition coefficient (Wildman–Crippen LogP) is 3.80. The lowest BCUT2D eigenvalue weighted by Crippen LogP contribution is -2.25. The van der Waals surface area contributed by atoms with Crippen molar-refractivity contribution < 1.29 is 0 Å². The van der Waals surface area contributed by atoms with E-state index in [1.54, 1.807) is 0 Å². The van der Waals surface area contributed by atoms with Gasteiger partial charge in [0.25, 0.3) is 0 Å². The Balaban J connectivity index is 1.73. The van der Waals surface area contributed by atoms with Crippen molar-refractivity contribution >= 4 is 0 Å². The predicted molar refractivity (Wildman–Crippen MR) is 87.5 cm³/mol. The van der Waals surface area contributed by atoms with E-state index in [2.05, 4.69) is 30.7 Å². The summed E-state index contributed by atoms with van der Waals surface area (Å²) in [6, 6.07) is 0. The van der Waals surface area contributed by atoms with Crippen molar-refractivity contribution in [1.29, 1.82) is 0 Å². The Labute approximate surface area is 129 Å². The second-order valence-electron chi connectivity index (χ2n) is 7.95. The van der Waals surface area contributed by atoms with Gasteiger partial charge in [-0.25, -0.2) is 4.98 Å². The van der Waals surface area contributed by atoms with E-state index >= 15 is 0 Å². The Bertz CT molecular complexity index is 475. The van der Waals surface area contributed by atoms with Crippen LogP contribution >= 0.6 is 0 Å². The number of hydrogen-bond acceptors (Lipinski definition) is 2. The van der Waals surface area contributed by atoms with Crippen LogP contribution in [-0.4, -0.2) is 16.1 Å². The summed E-state index contributed by atoms with van der Waals surface area (Å²) in [4.78, 5) is 4.97. The molecule has 3 rings (SSSR count). The summed E-state index contributed by atoms with van der Waals surface area (Å²) in [5.74, 6) is 2.30. The van der Waals surface area contributed by atoms with Gasteiger partial charge in [0.1, 0.15) is 5.82 Å². The maximum Gasteiger partial charge on any atom is 0.114 e. The number of aromatic nitrogens is 2. The van der Waals surface area contributed by atoms with Crippen molar-refractivity contribution in [3.63, 3.8) is 0 Å². The van der Waals surface area contributed by atoms with Gasteiger partial charge in [-0.15, -0.1) is 0 Å². The summed E-state index contributed by atoms with van der Waals surface area (Å²) >= 11 is 0. The molecule has 0 amide bonds. The van der Waals surface area contributed by atoms with Crippen LogP contribution in [0, 0.1) is 5.92 Å². The highest BCUT2D eigenvalue weighted by Crippen LogP contribution is 2.30. The zero-order valence-electron chi connectivity index (χ0n) is 14.0. The minimum absolute atomic E-state index is 0.144. The SMILES string of the molecule is CC(C)(C)c1nc2c(n1CCCC1CCCC1)CCNC2. The lowest BCUT2D eigenvalue weighted by atomic mass is 9.95. The molecule has 0 saturated heterocycles. The van der Waals surface area contributed by atoms with Gasteiger partial charge in [-0.3, -0.25) is 0 Å². The highest BCUT2D eigenvalue weighted by atomic mass is 15.1. The van der Waals surface area contributed by atoms with Crippen LogP contribution in [0.25, 0.3) is 0 Å². The molecule has 1 saturated carbocycles. The van der Waals surface area contributed by atoms with Crippen molar-refractivity contribution in [2.24, 2.45) is 5.92 Å². The lowest BCUT2D eigenvalue weighted by Gasteiger charge is -2.22. The van der Waals surface area contributed by atoms with Crippen molar-refractivity contribution in [1.82, 2.24) is 14.9 Å². The fraction of sp³-hybridized carbons (Fsp3) is 0.833. The molecular formula is C18H31N3. The van der Waals surface area contributed by atoms with Gasteiger partial charge in [-0.05, 0) is 18.8 Å². The first-order chi connectivity index (χ1) is 10.1. The van der Waals surface area contributed by atoms with Gasteiger partial charge in [-0.1, -0.05) is 46.5 Å². The molecule has 1 N–H and O–H groups in total. The second-order valence-corrected chi connectivity index (χ2v) is 7.95. The van der Waals surface area contributed by atoms with E-state index in [0.717, 1.165) is 25.4 Å². The third-order valence-corrected chi connectivity index (χ3v) is 5.13. The molecule has 0 unspecified atom stereocenters. The largest absolute Gasteiger partial charge is 0.331 e. The Hall–Kier alpha value is -0.830. The molecule has 1 aromatic heterocycles. The molecule has 2 heterocycles. The fourth-order valence-corrected chi connectivity index (χ4v) is 4.02. The Morgan fingerprint density at radius 3 is 2.71 bits per heavy atom. The average molecular weight is 289 g/mol. The number of hydrogen-bond donors (Lipinski definition) is 1. The van der Waals surface area contributed by atoms with Gasteiger partial charge >= 0.3 is 0 Å². The van der Waals surface area contributed by atoms with E-state index in [-0.39, 0.29) is 5.41 Å². The molecule has 1 aliphatic heterocycles. The zero-order valence-corrected chi connectivity index (χ0v) is 14.0. The number of imidazole rings is 1. The molecule has 0 bridgehead atoms. The molecule has 21 heavy (non-hydrogen) atoms. The van der Waals surface area contributed by atoms with Crippen LogP contribution in [0.3, 0.4) is 0 Å². The van der Waals surface area contributed by atoms with Crippen LogP contribution in [0.2, 0.25) is 0 Å². The van der Waals surface area contributed by atoms with Crippen LogP contribution in [-0.2, 0) is 24.9 Å². The average Bonchev–Trinajstić information content (AvgIpc) is 3.06. The zero-order chi connectivity index (χ0) is 14.9. The second kappa shape index (κ2) is 6.12. The number of fused-ring (bicyclic) bond motifs is 1. The van der Waals surface area contributed by atoms with Gasteiger partial charge in [0.15, 0.2) is 0 Å². The Morgan fingerprint density at radius 1 is 1.24 bits per heavy atom. The third kappa shape index (κ3) is 3.33. The highest BCUT2D eigenvalue weighted by molar-refractivity contribution is 5.23. The van der Waals surface area contributed by atoms with Crippen LogP contribution < -0.4 is 5.32 Å². The van der Waals surface area contributed by atoms with Gasteiger partial charge in [0.2, 0.25) is 0 Å². The van der Waals surface area contributed by atoms with E-state index in [0.29, 0.717) is 0 Å². The van der Waals surface area contributed by atoms with E-state index in [1.807, 2.05) is 0 Å². The minimum Gasteiger partial charge on any atom is -0.331 e. The summed E-state index contributed by atoms with van der Waals surface area (Å²) in [5, 5.41) is 3.46. The van der Waals surface area contributed by atoms with E-state index < -0.39 is 0 Å². The van der Waals surface area contributed by atoms with Crippen molar-refractivity contribution in [3.05, 3.63) is 17.2 Å². The third-order valence-electron chi connectivity index (χ3n) is 5.13. The summed E-state index contributed by atoms with van der Waals surface area (Å²) in [6.07, 6.45) is 9.74. The van der Waals surface area contributed by atoms with E-state index in [9.17, 15) is 0 Å². The quantitative estimate of drug-likeness (QED) is 0.914. The topological polar surface area (TPSA) is 29.9 Å². The van der Waals surface area contributed by atoms with Gasteiger partial charge in [0.05, 0.1) is 5.69 Å². The van der Waals surface area contributed by atoms with Gasteiger partial charge in [-0.2, -0.15) is 0 Å². The molecule has 1 aliphatic carbocycles. The molecule has 3 nitrogen and oxygen atoms in total. The molecule has 0 radical (unpaired) electrons. The maximum absolute atomic E-state index is 4.97. The van der Waals surface area contributed by atoms with E-state index in [4.69, 9.17) is 4.98 Å². The first-order valence-corrected chi connectivity index (χ1v) is 8.85. The van der Waals surface area contributed by atoms with Gasteiger partial charge < -0.3 is 9.88 Å². The van der Waals surface area contributed by atoms with Crippen molar-refractivity contribution in [2.75, 3.05) is 6.54 Å². The molecular weight excluding hydrogens is 258 g/mol. The number of rotatable bonds is 4. The first-order valence-electron chi connectivity index (χ1n) is 8.85. The summed E-state index contributed by atoms with van der Waals surface area (Å²) in [6.45, 7) is 10.1. The van der Waals surface area contributed by atoms with Crippen LogP contribution in [0.4, 0.5) is 0 Å². The summed E-state index contributed by atoms with van der Waals surface area (Å²) < 4.78 is 2.56. The van der Waals surface area contributed by atoms with E-state index in [1.165, 1.54) is 62.3 Å².